The Labute approximate surface area is 177 Å². The van der Waals surface area contributed by atoms with E-state index in [-0.39, 0.29) is 12.1 Å². The number of methoxy groups -OCH3 is 1. The second kappa shape index (κ2) is 8.87. The molecule has 0 amide bonds. The Balaban J connectivity index is 1.53. The summed E-state index contributed by atoms with van der Waals surface area (Å²) in [6, 6.07) is 7.72. The number of fused-ring (bicyclic) bond motifs is 1. The van der Waals surface area contributed by atoms with Crippen molar-refractivity contribution >= 4 is 10.2 Å². The smallest absolute Gasteiger partial charge is 0.282 e. The van der Waals surface area contributed by atoms with Gasteiger partial charge in [-0.15, -0.1) is 0 Å². The molecule has 162 valence electrons. The van der Waals surface area contributed by atoms with Crippen molar-refractivity contribution in [3.63, 3.8) is 0 Å². The maximum Gasteiger partial charge on any atom is 0.282 e. The number of benzene rings is 1. The Hall–Kier alpha value is -2.23. The molecule has 2 aliphatic heterocycles. The molecule has 0 bridgehead atoms. The Bertz CT molecular complexity index is 1060. The van der Waals surface area contributed by atoms with Crippen LogP contribution in [-0.4, -0.2) is 53.3 Å². The van der Waals surface area contributed by atoms with Crippen LogP contribution in [0.3, 0.4) is 0 Å². The predicted octanol–water partition coefficient (Wildman–Crippen LogP) is 1.58. The molecule has 1 aromatic heterocycles. The highest BCUT2D eigenvalue weighted by Gasteiger charge is 2.34. The highest BCUT2D eigenvalue weighted by atomic mass is 32.2. The van der Waals surface area contributed by atoms with E-state index in [2.05, 4.69) is 4.98 Å². The van der Waals surface area contributed by atoms with Gasteiger partial charge in [0.15, 0.2) is 0 Å². The Morgan fingerprint density at radius 3 is 2.60 bits per heavy atom. The molecule has 0 radical (unpaired) electrons. The zero-order valence-corrected chi connectivity index (χ0v) is 18.1. The summed E-state index contributed by atoms with van der Waals surface area (Å²) < 4.78 is 36.0. The molecule has 1 aromatic carbocycles. The largest absolute Gasteiger partial charge is 0.496 e. The molecule has 4 rings (SSSR count). The van der Waals surface area contributed by atoms with Crippen LogP contribution in [0.4, 0.5) is 0 Å². The van der Waals surface area contributed by atoms with Crippen molar-refractivity contribution in [1.82, 2.24) is 18.2 Å². The van der Waals surface area contributed by atoms with E-state index < -0.39 is 10.2 Å². The fraction of sp³-hybridized carbons (Fsp3) is 0.524. The topological polar surface area (TPSA) is 84.7 Å². The molecule has 0 N–H and O–H groups in total. The van der Waals surface area contributed by atoms with Gasteiger partial charge in [-0.05, 0) is 30.9 Å². The number of ether oxygens (including phenoxy) is 1. The van der Waals surface area contributed by atoms with Gasteiger partial charge in [0.25, 0.3) is 15.8 Å². The number of nitrogens with zero attached hydrogens (tertiary/aromatic N) is 4. The summed E-state index contributed by atoms with van der Waals surface area (Å²) >= 11 is 0. The Kier molecular flexibility index (Phi) is 6.21. The first-order valence-electron chi connectivity index (χ1n) is 10.4. The van der Waals surface area contributed by atoms with Crippen molar-refractivity contribution in [1.29, 1.82) is 0 Å². The van der Waals surface area contributed by atoms with Crippen molar-refractivity contribution in [2.24, 2.45) is 0 Å². The van der Waals surface area contributed by atoms with E-state index in [1.807, 2.05) is 24.3 Å². The number of rotatable bonds is 6. The lowest BCUT2D eigenvalue weighted by Gasteiger charge is -2.34. The van der Waals surface area contributed by atoms with Gasteiger partial charge in [0.05, 0.1) is 24.7 Å². The third-order valence-electron chi connectivity index (χ3n) is 5.93. The average molecular weight is 433 g/mol. The zero-order valence-electron chi connectivity index (χ0n) is 17.3. The lowest BCUT2D eigenvalue weighted by Crippen LogP contribution is -2.49. The Morgan fingerprint density at radius 1 is 1.07 bits per heavy atom. The molecular weight excluding hydrogens is 404 g/mol. The molecule has 2 aromatic rings. The molecule has 1 saturated heterocycles. The summed E-state index contributed by atoms with van der Waals surface area (Å²) in [5.41, 5.74) is 2.05. The van der Waals surface area contributed by atoms with E-state index in [1.54, 1.807) is 22.3 Å². The van der Waals surface area contributed by atoms with Gasteiger partial charge >= 0.3 is 0 Å². The summed E-state index contributed by atoms with van der Waals surface area (Å²) in [4.78, 5) is 17.6. The van der Waals surface area contributed by atoms with Gasteiger partial charge in [-0.1, -0.05) is 24.6 Å². The van der Waals surface area contributed by atoms with Crippen LogP contribution in [0, 0.1) is 0 Å². The maximum absolute atomic E-state index is 13.1. The first-order chi connectivity index (χ1) is 14.5. The molecule has 9 heteroatoms. The van der Waals surface area contributed by atoms with Crippen molar-refractivity contribution in [2.75, 3.05) is 26.7 Å². The van der Waals surface area contributed by atoms with Gasteiger partial charge in [0.1, 0.15) is 5.75 Å². The molecule has 1 fully saturated rings. The van der Waals surface area contributed by atoms with Gasteiger partial charge in [-0.25, -0.2) is 4.98 Å². The third kappa shape index (κ3) is 4.14. The molecule has 0 saturated carbocycles. The van der Waals surface area contributed by atoms with Crippen LogP contribution < -0.4 is 10.3 Å². The molecule has 0 spiro atoms. The normalized spacial score (nSPS) is 18.2. The molecule has 0 unspecified atom stereocenters. The predicted molar refractivity (Wildman–Crippen MR) is 114 cm³/mol. The summed E-state index contributed by atoms with van der Waals surface area (Å²) in [5, 5.41) is 0. The molecule has 30 heavy (non-hydrogen) atoms. The maximum atomic E-state index is 13.1. The SMILES string of the molecule is COc1ccccc1CCn1cnc2c(c1=O)CN(S(=O)(=O)N1CCCCC1)CC2. The summed E-state index contributed by atoms with van der Waals surface area (Å²) in [6.07, 6.45) is 5.51. The monoisotopic (exact) mass is 432 g/mol. The minimum Gasteiger partial charge on any atom is -0.496 e. The van der Waals surface area contributed by atoms with Crippen LogP contribution >= 0.6 is 0 Å². The molecule has 8 nitrogen and oxygen atoms in total. The fourth-order valence-electron chi connectivity index (χ4n) is 4.19. The van der Waals surface area contributed by atoms with Gasteiger partial charge < -0.3 is 4.74 Å². The van der Waals surface area contributed by atoms with Crippen molar-refractivity contribution in [3.8, 4) is 5.75 Å². The van der Waals surface area contributed by atoms with Gasteiger partial charge in [0, 0.05) is 39.1 Å². The molecule has 0 aliphatic carbocycles. The van der Waals surface area contributed by atoms with Crippen LogP contribution in [0.25, 0.3) is 0 Å². The number of para-hydroxylation sites is 1. The second-order valence-electron chi connectivity index (χ2n) is 7.78. The van der Waals surface area contributed by atoms with Crippen LogP contribution in [-0.2, 0) is 36.1 Å². The fourth-order valence-corrected chi connectivity index (χ4v) is 5.85. The van der Waals surface area contributed by atoms with E-state index in [9.17, 15) is 13.2 Å². The molecule has 2 aliphatic rings. The summed E-state index contributed by atoms with van der Waals surface area (Å²) in [6.45, 7) is 2.03. The first kappa shape index (κ1) is 21.0. The van der Waals surface area contributed by atoms with Gasteiger partial charge in [-0.3, -0.25) is 9.36 Å². The lowest BCUT2D eigenvalue weighted by atomic mass is 10.1. The minimum absolute atomic E-state index is 0.0928. The van der Waals surface area contributed by atoms with E-state index in [4.69, 9.17) is 4.74 Å². The number of aromatic nitrogens is 2. The van der Waals surface area contributed by atoms with Crippen molar-refractivity contribution in [3.05, 3.63) is 57.8 Å². The standard InChI is InChI=1S/C21H28N4O4S/c1-29-20-8-4-3-7-17(20)9-13-23-16-22-19-10-14-25(15-18(19)21(23)26)30(27,28)24-11-5-2-6-12-24/h3-4,7-8,16H,2,5-6,9-15H2,1H3. The first-order valence-corrected chi connectivity index (χ1v) is 11.8. The molecular formula is C21H28N4O4S. The number of aryl methyl sites for hydroxylation is 2. The Morgan fingerprint density at radius 2 is 1.83 bits per heavy atom. The highest BCUT2D eigenvalue weighted by Crippen LogP contribution is 2.22. The van der Waals surface area contributed by atoms with E-state index in [0.717, 1.165) is 30.6 Å². The number of hydrogen-bond acceptors (Lipinski definition) is 5. The van der Waals surface area contributed by atoms with E-state index >= 15 is 0 Å². The van der Waals surface area contributed by atoms with Crippen LogP contribution in [0.15, 0.2) is 35.4 Å². The zero-order chi connectivity index (χ0) is 21.1. The van der Waals surface area contributed by atoms with Crippen LogP contribution in [0.5, 0.6) is 5.75 Å². The van der Waals surface area contributed by atoms with E-state index in [0.29, 0.717) is 50.3 Å². The summed E-state index contributed by atoms with van der Waals surface area (Å²) in [5.74, 6) is 0.787. The second-order valence-corrected chi connectivity index (χ2v) is 9.71. The van der Waals surface area contributed by atoms with Crippen LogP contribution in [0.2, 0.25) is 0 Å². The lowest BCUT2D eigenvalue weighted by molar-refractivity contribution is 0.293. The summed E-state index contributed by atoms with van der Waals surface area (Å²) in [7, 11) is -1.92. The van der Waals surface area contributed by atoms with Crippen molar-refractivity contribution < 1.29 is 13.2 Å². The van der Waals surface area contributed by atoms with Gasteiger partial charge in [-0.2, -0.15) is 17.0 Å². The minimum atomic E-state index is -3.55. The highest BCUT2D eigenvalue weighted by molar-refractivity contribution is 7.86. The van der Waals surface area contributed by atoms with Crippen LogP contribution in [0.1, 0.15) is 36.1 Å². The number of piperidine rings is 1. The van der Waals surface area contributed by atoms with Gasteiger partial charge in [0.2, 0.25) is 0 Å². The van der Waals surface area contributed by atoms with Crippen molar-refractivity contribution in [2.45, 2.75) is 45.2 Å². The quantitative estimate of drug-likeness (QED) is 0.692. The molecule has 0 atom stereocenters. The van der Waals surface area contributed by atoms with E-state index in [1.165, 1.54) is 4.31 Å². The third-order valence-corrected chi connectivity index (χ3v) is 7.92. The average Bonchev–Trinajstić information content (AvgIpc) is 2.79. The molecule has 3 heterocycles. The number of hydrogen-bond donors (Lipinski definition) is 0.